The molecule has 0 saturated carbocycles. The molecule has 1 heterocycles. The van der Waals surface area contributed by atoms with Crippen LogP contribution in [0.2, 0.25) is 0 Å². The third-order valence-corrected chi connectivity index (χ3v) is 1.46. The molecule has 4 heteroatoms. The van der Waals surface area contributed by atoms with Gasteiger partial charge in [0.1, 0.15) is 0 Å². The first-order valence-electron chi connectivity index (χ1n) is 3.92. The molecule has 0 bridgehead atoms. The fourth-order valence-corrected chi connectivity index (χ4v) is 0.942. The van der Waals surface area contributed by atoms with Crippen molar-refractivity contribution in [2.24, 2.45) is 5.11 Å². The lowest BCUT2D eigenvalue weighted by Gasteiger charge is -1.93. The Morgan fingerprint density at radius 3 is 3.15 bits per heavy atom. The molecule has 0 atom stereocenters. The Hall–Kier alpha value is -1.80. The van der Waals surface area contributed by atoms with Gasteiger partial charge < -0.3 is 0 Å². The molecule has 0 fully saturated rings. The van der Waals surface area contributed by atoms with E-state index in [9.17, 15) is 0 Å². The summed E-state index contributed by atoms with van der Waals surface area (Å²) in [6.45, 7) is 2.36. The Balaban J connectivity index is 2.63. The van der Waals surface area contributed by atoms with Gasteiger partial charge in [0.2, 0.25) is 0 Å². The van der Waals surface area contributed by atoms with Crippen molar-refractivity contribution in [2.45, 2.75) is 6.92 Å². The van der Waals surface area contributed by atoms with Gasteiger partial charge in [0.15, 0.2) is 0 Å². The second kappa shape index (κ2) is 4.95. The zero-order valence-corrected chi connectivity index (χ0v) is 7.38. The molecule has 0 aliphatic heterocycles. The van der Waals surface area contributed by atoms with E-state index in [0.29, 0.717) is 6.54 Å². The van der Waals surface area contributed by atoms with Crippen LogP contribution in [0, 0.1) is 6.92 Å². The van der Waals surface area contributed by atoms with Crippen LogP contribution in [0.5, 0.6) is 0 Å². The molecule has 0 aliphatic carbocycles. The highest BCUT2D eigenvalue weighted by Gasteiger charge is 1.86. The molecule has 4 nitrogen and oxygen atoms in total. The van der Waals surface area contributed by atoms with Gasteiger partial charge in [-0.25, -0.2) is 0 Å². The average Bonchev–Trinajstić information content (AvgIpc) is 2.13. The van der Waals surface area contributed by atoms with Gasteiger partial charge in [0.25, 0.3) is 0 Å². The SMILES string of the molecule is Cc1cncc(C=CCN=[N+]=[N-])c1. The lowest BCUT2D eigenvalue weighted by Crippen LogP contribution is -1.79. The van der Waals surface area contributed by atoms with Gasteiger partial charge in [-0.15, -0.1) is 0 Å². The van der Waals surface area contributed by atoms with E-state index in [4.69, 9.17) is 5.53 Å². The van der Waals surface area contributed by atoms with E-state index < -0.39 is 0 Å². The minimum Gasteiger partial charge on any atom is -0.264 e. The minimum atomic E-state index is 0.379. The van der Waals surface area contributed by atoms with E-state index in [2.05, 4.69) is 15.0 Å². The molecule has 0 spiro atoms. The van der Waals surface area contributed by atoms with Crippen molar-refractivity contribution in [1.82, 2.24) is 4.98 Å². The lowest BCUT2D eigenvalue weighted by atomic mass is 10.2. The molecule has 0 unspecified atom stereocenters. The zero-order valence-electron chi connectivity index (χ0n) is 7.38. The number of rotatable bonds is 3. The van der Waals surface area contributed by atoms with E-state index in [0.717, 1.165) is 11.1 Å². The average molecular weight is 174 g/mol. The van der Waals surface area contributed by atoms with Crippen molar-refractivity contribution in [3.8, 4) is 0 Å². The first kappa shape index (κ1) is 9.29. The van der Waals surface area contributed by atoms with Crippen LogP contribution in [0.1, 0.15) is 11.1 Å². The van der Waals surface area contributed by atoms with Crippen LogP contribution in [-0.4, -0.2) is 11.5 Å². The number of nitrogens with zero attached hydrogens (tertiary/aromatic N) is 4. The Labute approximate surface area is 76.6 Å². The highest BCUT2D eigenvalue weighted by molar-refractivity contribution is 5.48. The fraction of sp³-hybridized carbons (Fsp3) is 0.222. The van der Waals surface area contributed by atoms with Crippen molar-refractivity contribution in [3.63, 3.8) is 0 Å². The second-order valence-electron chi connectivity index (χ2n) is 2.61. The van der Waals surface area contributed by atoms with Crippen LogP contribution in [-0.2, 0) is 0 Å². The summed E-state index contributed by atoms with van der Waals surface area (Å²) in [6, 6.07) is 2.01. The summed E-state index contributed by atoms with van der Waals surface area (Å²) in [5.74, 6) is 0. The van der Waals surface area contributed by atoms with Gasteiger partial charge in [-0.3, -0.25) is 4.98 Å². The summed E-state index contributed by atoms with van der Waals surface area (Å²) >= 11 is 0. The van der Waals surface area contributed by atoms with Crippen LogP contribution in [0.15, 0.2) is 29.7 Å². The van der Waals surface area contributed by atoms with Crippen LogP contribution in [0.25, 0.3) is 16.5 Å². The number of azide groups is 1. The number of aryl methyl sites for hydroxylation is 1. The van der Waals surface area contributed by atoms with E-state index in [1.807, 2.05) is 19.1 Å². The summed E-state index contributed by atoms with van der Waals surface area (Å²) in [5, 5.41) is 3.38. The third kappa shape index (κ3) is 3.40. The molecular weight excluding hydrogens is 164 g/mol. The molecule has 0 amide bonds. The van der Waals surface area contributed by atoms with Crippen LogP contribution in [0.4, 0.5) is 0 Å². The van der Waals surface area contributed by atoms with Gasteiger partial charge in [-0.2, -0.15) is 0 Å². The Morgan fingerprint density at radius 1 is 1.62 bits per heavy atom. The molecular formula is C9H10N4. The highest BCUT2D eigenvalue weighted by atomic mass is 15.1. The monoisotopic (exact) mass is 174 g/mol. The lowest BCUT2D eigenvalue weighted by molar-refractivity contribution is 1.21. The minimum absolute atomic E-state index is 0.379. The molecule has 0 N–H and O–H groups in total. The second-order valence-corrected chi connectivity index (χ2v) is 2.61. The summed E-state index contributed by atoms with van der Waals surface area (Å²) < 4.78 is 0. The van der Waals surface area contributed by atoms with Gasteiger partial charge in [-0.1, -0.05) is 17.3 Å². The molecule has 1 aromatic heterocycles. The smallest absolute Gasteiger partial charge is 0.0443 e. The largest absolute Gasteiger partial charge is 0.264 e. The van der Waals surface area contributed by atoms with E-state index in [-0.39, 0.29) is 0 Å². The topological polar surface area (TPSA) is 61.7 Å². The maximum absolute atomic E-state index is 8.02. The van der Waals surface area contributed by atoms with Gasteiger partial charge in [-0.05, 0) is 29.6 Å². The van der Waals surface area contributed by atoms with Crippen molar-refractivity contribution < 1.29 is 0 Å². The standard InChI is InChI=1S/C9H10N4/c1-8-5-9(7-11-6-8)3-2-4-12-13-10/h2-3,5-7H,4H2,1H3. The summed E-state index contributed by atoms with van der Waals surface area (Å²) in [7, 11) is 0. The van der Waals surface area contributed by atoms with Crippen LogP contribution >= 0.6 is 0 Å². The number of aromatic nitrogens is 1. The van der Waals surface area contributed by atoms with Gasteiger partial charge in [0.05, 0.1) is 0 Å². The zero-order chi connectivity index (χ0) is 9.52. The fourth-order valence-electron chi connectivity index (χ4n) is 0.942. The summed E-state index contributed by atoms with van der Waals surface area (Å²) in [4.78, 5) is 6.67. The quantitative estimate of drug-likeness (QED) is 0.394. The maximum Gasteiger partial charge on any atom is 0.0443 e. The molecule has 0 aliphatic rings. The molecule has 0 radical (unpaired) electrons. The molecule has 1 rings (SSSR count). The first-order valence-corrected chi connectivity index (χ1v) is 3.92. The highest BCUT2D eigenvalue weighted by Crippen LogP contribution is 2.02. The molecule has 0 saturated heterocycles. The van der Waals surface area contributed by atoms with Crippen LogP contribution in [0.3, 0.4) is 0 Å². The summed E-state index contributed by atoms with van der Waals surface area (Å²) in [6.07, 6.45) is 7.25. The molecule has 66 valence electrons. The summed E-state index contributed by atoms with van der Waals surface area (Å²) in [5.41, 5.74) is 10.2. The first-order chi connectivity index (χ1) is 6.33. The van der Waals surface area contributed by atoms with E-state index in [1.165, 1.54) is 0 Å². The van der Waals surface area contributed by atoms with Crippen molar-refractivity contribution in [1.29, 1.82) is 0 Å². The Kier molecular flexibility index (Phi) is 3.54. The number of hydrogen-bond donors (Lipinski definition) is 0. The van der Waals surface area contributed by atoms with E-state index >= 15 is 0 Å². The van der Waals surface area contributed by atoms with Crippen LogP contribution < -0.4 is 0 Å². The van der Waals surface area contributed by atoms with Crippen molar-refractivity contribution in [3.05, 3.63) is 46.1 Å². The van der Waals surface area contributed by atoms with Gasteiger partial charge in [0, 0.05) is 23.9 Å². The predicted molar refractivity (Wildman–Crippen MR) is 52.0 cm³/mol. The maximum atomic E-state index is 8.02. The normalized spacial score (nSPS) is 9.92. The predicted octanol–water partition coefficient (Wildman–Crippen LogP) is 2.71. The van der Waals surface area contributed by atoms with Crippen molar-refractivity contribution >= 4 is 6.08 Å². The van der Waals surface area contributed by atoms with E-state index in [1.54, 1.807) is 18.5 Å². The number of hydrogen-bond acceptors (Lipinski definition) is 2. The third-order valence-electron chi connectivity index (χ3n) is 1.46. The van der Waals surface area contributed by atoms with Crippen molar-refractivity contribution in [2.75, 3.05) is 6.54 Å². The van der Waals surface area contributed by atoms with Gasteiger partial charge >= 0.3 is 0 Å². The Morgan fingerprint density at radius 2 is 2.46 bits per heavy atom. The molecule has 0 aromatic carbocycles. The number of pyridine rings is 1. The Bertz CT molecular complexity index is 350. The molecule has 1 aromatic rings. The molecule has 13 heavy (non-hydrogen) atoms.